The Bertz CT molecular complexity index is 366. The number of aliphatic hydroxyl groups excluding tert-OH is 3. The Kier molecular flexibility index (Phi) is 13.5. The van der Waals surface area contributed by atoms with Gasteiger partial charge in [-0.05, 0) is 18.6 Å². The van der Waals surface area contributed by atoms with Gasteiger partial charge in [0, 0.05) is 6.42 Å². The summed E-state index contributed by atoms with van der Waals surface area (Å²) < 4.78 is 10.9. The van der Waals surface area contributed by atoms with Crippen molar-refractivity contribution in [2.45, 2.75) is 108 Å². The van der Waals surface area contributed by atoms with Crippen molar-refractivity contribution in [2.75, 3.05) is 13.2 Å². The molecule has 0 unspecified atom stereocenters. The number of rotatable bonds is 15. The first kappa shape index (κ1) is 23.8. The minimum Gasteiger partial charge on any atom is -0.478 e. The minimum atomic E-state index is -1.07. The van der Waals surface area contributed by atoms with E-state index >= 15 is 0 Å². The molecule has 0 spiro atoms. The lowest BCUT2D eigenvalue weighted by atomic mass is 10.1. The Hall–Kier alpha value is -0.270. The van der Waals surface area contributed by atoms with Crippen LogP contribution in [0.2, 0.25) is 0 Å². The van der Waals surface area contributed by atoms with Crippen LogP contribution in [-0.4, -0.2) is 58.0 Å². The molecule has 3 N–H and O–H groups in total. The van der Waals surface area contributed by atoms with E-state index in [1.807, 2.05) is 0 Å². The maximum absolute atomic E-state index is 9.91. The van der Waals surface area contributed by atoms with Crippen molar-refractivity contribution in [2.24, 2.45) is 0 Å². The molecule has 0 aromatic rings. The zero-order valence-corrected chi connectivity index (χ0v) is 17.1. The molecule has 0 saturated carbocycles. The fourth-order valence-corrected chi connectivity index (χ4v) is 3.60. The first-order valence-electron chi connectivity index (χ1n) is 10.4. The van der Waals surface area contributed by atoms with E-state index < -0.39 is 31.0 Å². The topological polar surface area (TPSA) is 79.2 Å². The van der Waals surface area contributed by atoms with E-state index in [0.717, 1.165) is 12.8 Å². The number of aliphatic hydroxyl groups is 3. The van der Waals surface area contributed by atoms with E-state index in [1.54, 1.807) is 0 Å². The molecule has 1 rings (SSSR count). The third-order valence-corrected chi connectivity index (χ3v) is 5.28. The molecule has 0 aromatic carbocycles. The lowest BCUT2D eigenvalue weighted by Gasteiger charge is -2.24. The lowest BCUT2D eigenvalue weighted by molar-refractivity contribution is -0.0642. The Morgan fingerprint density at radius 1 is 1.04 bits per heavy atom. The van der Waals surface area contributed by atoms with Gasteiger partial charge in [-0.2, -0.15) is 0 Å². The Labute approximate surface area is 164 Å². The zero-order valence-electron chi connectivity index (χ0n) is 16.3. The van der Waals surface area contributed by atoms with Gasteiger partial charge in [0.05, 0.1) is 13.2 Å². The molecule has 1 saturated heterocycles. The quantitative estimate of drug-likeness (QED) is 0.293. The van der Waals surface area contributed by atoms with Crippen molar-refractivity contribution < 1.29 is 24.8 Å². The first-order chi connectivity index (χ1) is 12.6. The van der Waals surface area contributed by atoms with Gasteiger partial charge in [-0.15, -0.1) is 0 Å². The van der Waals surface area contributed by atoms with E-state index in [1.165, 1.54) is 57.8 Å². The van der Waals surface area contributed by atoms with Gasteiger partial charge in [0.1, 0.15) is 18.3 Å². The van der Waals surface area contributed by atoms with Gasteiger partial charge < -0.3 is 24.8 Å². The predicted molar refractivity (Wildman–Crippen MR) is 107 cm³/mol. The maximum Gasteiger partial charge on any atom is 0.160 e. The average molecular weight is 391 g/mol. The van der Waals surface area contributed by atoms with E-state index in [4.69, 9.17) is 26.8 Å². The summed E-state index contributed by atoms with van der Waals surface area (Å²) in [5.74, 6) is 0. The van der Waals surface area contributed by atoms with Gasteiger partial charge >= 0.3 is 0 Å². The summed E-state index contributed by atoms with van der Waals surface area (Å²) in [7, 11) is 0. The Morgan fingerprint density at radius 2 is 1.58 bits per heavy atom. The third-order valence-electron chi connectivity index (χ3n) is 4.98. The van der Waals surface area contributed by atoms with Crippen LogP contribution in [-0.2, 0) is 9.47 Å². The summed E-state index contributed by atoms with van der Waals surface area (Å²) in [5, 5.41) is 29.1. The lowest BCUT2D eigenvalue weighted by Crippen LogP contribution is -2.43. The average Bonchev–Trinajstić information content (AvgIpc) is 2.99. The molecule has 1 aliphatic heterocycles. The molecular formula is C20H38O5S. The van der Waals surface area contributed by atoms with Crippen molar-refractivity contribution in [1.29, 1.82) is 0 Å². The van der Waals surface area contributed by atoms with Crippen molar-refractivity contribution >= 4 is 17.3 Å². The second-order valence-electron chi connectivity index (χ2n) is 7.36. The molecule has 0 radical (unpaired) electrons. The Balaban J connectivity index is 2.03. The molecule has 1 aliphatic rings. The third kappa shape index (κ3) is 9.60. The number of unbranched alkanes of at least 4 members (excludes halogenated alkanes) is 10. The summed E-state index contributed by atoms with van der Waals surface area (Å²) in [6.07, 6.45) is 11.4. The molecular weight excluding hydrogens is 352 g/mol. The SMILES string of the molecule is CCCCCCCCCCCCCC(=S)O[C@H]1[C@@H]([C@H](O)CO)OC[C@@H]1O. The summed E-state index contributed by atoms with van der Waals surface area (Å²) in [6, 6.07) is 0. The number of thiocarbonyl (C=S) groups is 1. The molecule has 5 nitrogen and oxygen atoms in total. The van der Waals surface area contributed by atoms with Crippen LogP contribution in [0.1, 0.15) is 84.0 Å². The largest absolute Gasteiger partial charge is 0.478 e. The van der Waals surface area contributed by atoms with E-state index in [9.17, 15) is 10.2 Å². The van der Waals surface area contributed by atoms with Crippen LogP contribution in [0.4, 0.5) is 0 Å². The molecule has 26 heavy (non-hydrogen) atoms. The standard InChI is InChI=1S/C20H38O5S/c1-2-3-4-5-6-7-8-9-10-11-12-13-18(26)25-20-17(23)15-24-19(20)16(22)14-21/h16-17,19-23H,2-15H2,1H3/t16-,17+,19-,20-/m1/s1. The van der Waals surface area contributed by atoms with Crippen LogP contribution in [0.3, 0.4) is 0 Å². The van der Waals surface area contributed by atoms with Crippen LogP contribution in [0, 0.1) is 0 Å². The number of hydrogen-bond donors (Lipinski definition) is 3. The summed E-state index contributed by atoms with van der Waals surface area (Å²) >= 11 is 5.26. The molecule has 0 amide bonds. The van der Waals surface area contributed by atoms with Crippen molar-refractivity contribution in [3.8, 4) is 0 Å². The number of ether oxygens (including phenoxy) is 2. The molecule has 4 atom stereocenters. The van der Waals surface area contributed by atoms with E-state index in [2.05, 4.69) is 6.92 Å². The zero-order chi connectivity index (χ0) is 19.2. The monoisotopic (exact) mass is 390 g/mol. The molecule has 0 aromatic heterocycles. The number of hydrogen-bond acceptors (Lipinski definition) is 6. The minimum absolute atomic E-state index is 0.0907. The highest BCUT2D eigenvalue weighted by Gasteiger charge is 2.42. The van der Waals surface area contributed by atoms with Gasteiger partial charge in [0.25, 0.3) is 0 Å². The molecule has 1 fully saturated rings. The van der Waals surface area contributed by atoms with Gasteiger partial charge in [-0.25, -0.2) is 0 Å². The van der Waals surface area contributed by atoms with Crippen molar-refractivity contribution in [1.82, 2.24) is 0 Å². The molecule has 0 bridgehead atoms. The second kappa shape index (κ2) is 14.7. The predicted octanol–water partition coefficient (Wildman–Crippen LogP) is 3.51. The van der Waals surface area contributed by atoms with E-state index in [-0.39, 0.29) is 6.61 Å². The molecule has 6 heteroatoms. The molecule has 0 aliphatic carbocycles. The highest BCUT2D eigenvalue weighted by molar-refractivity contribution is 7.80. The molecule has 154 valence electrons. The van der Waals surface area contributed by atoms with Crippen LogP contribution in [0.25, 0.3) is 0 Å². The smallest absolute Gasteiger partial charge is 0.160 e. The fourth-order valence-electron chi connectivity index (χ4n) is 3.34. The fraction of sp³-hybridized carbons (Fsp3) is 0.950. The van der Waals surface area contributed by atoms with E-state index in [0.29, 0.717) is 11.5 Å². The van der Waals surface area contributed by atoms with Gasteiger partial charge in [-0.3, -0.25) is 0 Å². The Morgan fingerprint density at radius 3 is 2.12 bits per heavy atom. The van der Waals surface area contributed by atoms with Crippen LogP contribution < -0.4 is 0 Å². The van der Waals surface area contributed by atoms with Crippen molar-refractivity contribution in [3.05, 3.63) is 0 Å². The summed E-state index contributed by atoms with van der Waals surface area (Å²) in [4.78, 5) is 0. The second-order valence-corrected chi connectivity index (χ2v) is 7.81. The van der Waals surface area contributed by atoms with Gasteiger partial charge in [0.15, 0.2) is 11.2 Å². The first-order valence-corrected chi connectivity index (χ1v) is 10.8. The normalized spacial score (nSPS) is 23.9. The van der Waals surface area contributed by atoms with Gasteiger partial charge in [0.2, 0.25) is 0 Å². The van der Waals surface area contributed by atoms with Crippen LogP contribution in [0.5, 0.6) is 0 Å². The van der Waals surface area contributed by atoms with Crippen molar-refractivity contribution in [3.63, 3.8) is 0 Å². The highest BCUT2D eigenvalue weighted by atomic mass is 32.1. The summed E-state index contributed by atoms with van der Waals surface area (Å²) in [5.41, 5.74) is 0. The summed E-state index contributed by atoms with van der Waals surface area (Å²) in [6.45, 7) is 1.91. The maximum atomic E-state index is 9.91. The van der Waals surface area contributed by atoms with Gasteiger partial charge in [-0.1, -0.05) is 71.1 Å². The van der Waals surface area contributed by atoms with Crippen LogP contribution >= 0.6 is 12.2 Å². The van der Waals surface area contributed by atoms with Crippen LogP contribution in [0.15, 0.2) is 0 Å². The molecule has 1 heterocycles. The highest BCUT2D eigenvalue weighted by Crippen LogP contribution is 2.22.